The summed E-state index contributed by atoms with van der Waals surface area (Å²) in [6, 6.07) is 15.7. The van der Waals surface area contributed by atoms with E-state index in [1.165, 1.54) is 15.4 Å². The molecule has 1 aliphatic carbocycles. The third-order valence-electron chi connectivity index (χ3n) is 6.17. The second-order valence-corrected chi connectivity index (χ2v) is 11.1. The molecule has 160 valence electrons. The molecular formula is C23H27BrN2O3S. The van der Waals surface area contributed by atoms with Crippen LogP contribution in [0.25, 0.3) is 0 Å². The number of sulfonamides is 1. The van der Waals surface area contributed by atoms with Crippen molar-refractivity contribution in [2.75, 3.05) is 13.1 Å². The van der Waals surface area contributed by atoms with Crippen LogP contribution in [0, 0.1) is 5.92 Å². The molecule has 2 aliphatic rings. The zero-order valence-corrected chi connectivity index (χ0v) is 19.3. The number of aryl methyl sites for hydroxylation is 1. The van der Waals surface area contributed by atoms with E-state index in [9.17, 15) is 13.2 Å². The van der Waals surface area contributed by atoms with Crippen LogP contribution in [0.2, 0.25) is 0 Å². The highest BCUT2D eigenvalue weighted by Gasteiger charge is 2.32. The minimum absolute atomic E-state index is 0.00397. The van der Waals surface area contributed by atoms with Crippen molar-refractivity contribution in [3.63, 3.8) is 0 Å². The van der Waals surface area contributed by atoms with E-state index in [1.807, 2.05) is 36.4 Å². The van der Waals surface area contributed by atoms with E-state index in [4.69, 9.17) is 0 Å². The summed E-state index contributed by atoms with van der Waals surface area (Å²) in [4.78, 5) is 12.9. The van der Waals surface area contributed by atoms with Crippen LogP contribution in [0.1, 0.15) is 48.4 Å². The Bertz CT molecular complexity index is 999. The van der Waals surface area contributed by atoms with Crippen molar-refractivity contribution in [1.29, 1.82) is 0 Å². The molecule has 1 amide bonds. The standard InChI is InChI=1S/C23H27BrN2O3S/c24-20-10-8-17(9-11-20)16-30(28,29)26-14-12-19(13-15-26)23(27)25-22-7-3-5-18-4-1-2-6-21(18)22/h1-2,4,6,8-11,19,22H,3,5,7,12-16H2,(H,25,27)/t22-/m0/s1. The summed E-state index contributed by atoms with van der Waals surface area (Å²) in [6.45, 7) is 0.802. The Kier molecular flexibility index (Phi) is 6.60. The van der Waals surface area contributed by atoms with Crippen LogP contribution in [-0.2, 0) is 27.0 Å². The van der Waals surface area contributed by atoms with Gasteiger partial charge in [0.25, 0.3) is 0 Å². The van der Waals surface area contributed by atoms with Crippen molar-refractivity contribution in [3.05, 3.63) is 69.7 Å². The normalized spacial score (nSPS) is 20.5. The first-order valence-electron chi connectivity index (χ1n) is 10.5. The lowest BCUT2D eigenvalue weighted by molar-refractivity contribution is -0.127. The summed E-state index contributed by atoms with van der Waals surface area (Å²) in [5, 5.41) is 3.23. The van der Waals surface area contributed by atoms with Gasteiger partial charge in [0.2, 0.25) is 15.9 Å². The number of hydrogen-bond acceptors (Lipinski definition) is 3. The topological polar surface area (TPSA) is 66.5 Å². The molecule has 1 N–H and O–H groups in total. The molecule has 5 nitrogen and oxygen atoms in total. The Labute approximate surface area is 187 Å². The van der Waals surface area contributed by atoms with E-state index in [0.29, 0.717) is 25.9 Å². The monoisotopic (exact) mass is 490 g/mol. The SMILES string of the molecule is O=C(N[C@H]1CCCc2ccccc21)C1CCN(S(=O)(=O)Cc2ccc(Br)cc2)CC1. The third kappa shape index (κ3) is 4.95. The van der Waals surface area contributed by atoms with Gasteiger partial charge in [0.15, 0.2) is 0 Å². The fourth-order valence-electron chi connectivity index (χ4n) is 4.47. The first-order chi connectivity index (χ1) is 14.4. The molecule has 1 atom stereocenters. The number of carbonyl (C=O) groups is 1. The van der Waals surface area contributed by atoms with Gasteiger partial charge in [-0.05, 0) is 60.9 Å². The molecule has 0 unspecified atom stereocenters. The molecule has 2 aromatic carbocycles. The van der Waals surface area contributed by atoms with Gasteiger partial charge in [-0.2, -0.15) is 0 Å². The number of nitrogens with zero attached hydrogens (tertiary/aromatic N) is 1. The molecule has 7 heteroatoms. The molecule has 4 rings (SSSR count). The lowest BCUT2D eigenvalue weighted by atomic mass is 9.87. The van der Waals surface area contributed by atoms with Crippen molar-refractivity contribution < 1.29 is 13.2 Å². The number of carbonyl (C=O) groups excluding carboxylic acids is 1. The second-order valence-electron chi connectivity index (χ2n) is 8.21. The average Bonchev–Trinajstić information content (AvgIpc) is 2.75. The summed E-state index contributed by atoms with van der Waals surface area (Å²) in [7, 11) is -3.38. The predicted octanol–water partition coefficient (Wildman–Crippen LogP) is 4.18. The van der Waals surface area contributed by atoms with Gasteiger partial charge < -0.3 is 5.32 Å². The quantitative estimate of drug-likeness (QED) is 0.683. The number of hydrogen-bond donors (Lipinski definition) is 1. The summed E-state index contributed by atoms with van der Waals surface area (Å²) >= 11 is 3.37. The van der Waals surface area contributed by atoms with Gasteiger partial charge in [0, 0.05) is 23.5 Å². The van der Waals surface area contributed by atoms with E-state index in [0.717, 1.165) is 29.3 Å². The van der Waals surface area contributed by atoms with E-state index in [-0.39, 0.29) is 23.6 Å². The minimum Gasteiger partial charge on any atom is -0.349 e. The Balaban J connectivity index is 1.33. The number of rotatable bonds is 5. The molecule has 0 spiro atoms. The largest absolute Gasteiger partial charge is 0.349 e. The smallest absolute Gasteiger partial charge is 0.223 e. The first-order valence-corrected chi connectivity index (χ1v) is 12.9. The lowest BCUT2D eigenvalue weighted by Gasteiger charge is -2.32. The predicted molar refractivity (Wildman–Crippen MR) is 121 cm³/mol. The minimum atomic E-state index is -3.38. The average molecular weight is 491 g/mol. The van der Waals surface area contributed by atoms with E-state index < -0.39 is 10.0 Å². The molecule has 0 radical (unpaired) electrons. The van der Waals surface area contributed by atoms with Crippen molar-refractivity contribution in [1.82, 2.24) is 9.62 Å². The maximum atomic E-state index is 12.9. The van der Waals surface area contributed by atoms with E-state index >= 15 is 0 Å². The van der Waals surface area contributed by atoms with E-state index in [2.05, 4.69) is 33.4 Å². The highest BCUT2D eigenvalue weighted by Crippen LogP contribution is 2.30. The fraction of sp³-hybridized carbons (Fsp3) is 0.435. The Hall–Kier alpha value is -1.70. The molecule has 30 heavy (non-hydrogen) atoms. The number of fused-ring (bicyclic) bond motifs is 1. The first kappa shape index (κ1) is 21.5. The number of amides is 1. The van der Waals surface area contributed by atoms with Gasteiger partial charge in [-0.1, -0.05) is 52.3 Å². The van der Waals surface area contributed by atoms with Crippen molar-refractivity contribution in [2.24, 2.45) is 5.92 Å². The summed E-state index contributed by atoms with van der Waals surface area (Å²) in [5.41, 5.74) is 3.32. The molecule has 1 saturated heterocycles. The van der Waals surface area contributed by atoms with Gasteiger partial charge in [0.05, 0.1) is 11.8 Å². The fourth-order valence-corrected chi connectivity index (χ4v) is 6.30. The zero-order valence-electron chi connectivity index (χ0n) is 16.9. The highest BCUT2D eigenvalue weighted by atomic mass is 79.9. The third-order valence-corrected chi connectivity index (χ3v) is 8.55. The zero-order chi connectivity index (χ0) is 21.1. The summed E-state index contributed by atoms with van der Waals surface area (Å²) in [6.07, 6.45) is 4.24. The second kappa shape index (κ2) is 9.20. The molecular weight excluding hydrogens is 464 g/mol. The Morgan fingerprint density at radius 3 is 2.47 bits per heavy atom. The van der Waals surface area contributed by atoms with Crippen molar-refractivity contribution in [2.45, 2.75) is 43.9 Å². The summed E-state index contributed by atoms with van der Waals surface area (Å²) in [5.74, 6) is -0.0735. The molecule has 1 aliphatic heterocycles. The lowest BCUT2D eigenvalue weighted by Crippen LogP contribution is -2.44. The molecule has 0 aromatic heterocycles. The number of benzene rings is 2. The number of halogens is 1. The van der Waals surface area contributed by atoms with Crippen LogP contribution in [0.3, 0.4) is 0 Å². The molecule has 0 bridgehead atoms. The Morgan fingerprint density at radius 1 is 1.03 bits per heavy atom. The van der Waals surface area contributed by atoms with Crippen LogP contribution >= 0.6 is 15.9 Å². The molecule has 2 aromatic rings. The molecule has 1 fully saturated rings. The van der Waals surface area contributed by atoms with Gasteiger partial charge in [-0.25, -0.2) is 12.7 Å². The highest BCUT2D eigenvalue weighted by molar-refractivity contribution is 9.10. The van der Waals surface area contributed by atoms with Gasteiger partial charge >= 0.3 is 0 Å². The van der Waals surface area contributed by atoms with Crippen molar-refractivity contribution in [3.8, 4) is 0 Å². The van der Waals surface area contributed by atoms with Crippen LogP contribution < -0.4 is 5.32 Å². The van der Waals surface area contributed by atoms with Crippen molar-refractivity contribution >= 4 is 31.9 Å². The molecule has 1 heterocycles. The maximum Gasteiger partial charge on any atom is 0.223 e. The number of piperidine rings is 1. The summed E-state index contributed by atoms with van der Waals surface area (Å²) < 4.78 is 28.0. The van der Waals surface area contributed by atoms with Crippen LogP contribution in [0.15, 0.2) is 53.0 Å². The number of nitrogens with one attached hydrogen (secondary N) is 1. The van der Waals surface area contributed by atoms with Gasteiger partial charge in [0.1, 0.15) is 0 Å². The van der Waals surface area contributed by atoms with Crippen LogP contribution in [0.4, 0.5) is 0 Å². The van der Waals surface area contributed by atoms with Gasteiger partial charge in [-0.3, -0.25) is 4.79 Å². The maximum absolute atomic E-state index is 12.9. The molecule has 0 saturated carbocycles. The van der Waals surface area contributed by atoms with Gasteiger partial charge in [-0.15, -0.1) is 0 Å². The van der Waals surface area contributed by atoms with Crippen LogP contribution in [-0.4, -0.2) is 31.7 Å². The van der Waals surface area contributed by atoms with E-state index in [1.54, 1.807) is 0 Å². The Morgan fingerprint density at radius 2 is 1.73 bits per heavy atom. The van der Waals surface area contributed by atoms with Crippen LogP contribution in [0.5, 0.6) is 0 Å².